The first kappa shape index (κ1) is 12.4. The second-order valence-corrected chi connectivity index (χ2v) is 6.70. The molecule has 1 aromatic carbocycles. The smallest absolute Gasteiger partial charge is 0.228 e. The van der Waals surface area contributed by atoms with E-state index < -0.39 is 15.8 Å². The lowest BCUT2D eigenvalue weighted by molar-refractivity contribution is -0.119. The van der Waals surface area contributed by atoms with Gasteiger partial charge in [0.05, 0.1) is 28.1 Å². The highest BCUT2D eigenvalue weighted by Crippen LogP contribution is 2.24. The molecule has 0 bridgehead atoms. The van der Waals surface area contributed by atoms with Crippen LogP contribution in [-0.4, -0.2) is 25.8 Å². The van der Waals surface area contributed by atoms with E-state index in [4.69, 9.17) is 11.6 Å². The summed E-state index contributed by atoms with van der Waals surface area (Å²) in [6.07, 6.45) is 0.388. The van der Waals surface area contributed by atoms with Crippen molar-refractivity contribution in [3.8, 4) is 0 Å². The van der Waals surface area contributed by atoms with E-state index in [9.17, 15) is 13.2 Å². The van der Waals surface area contributed by atoms with Crippen LogP contribution in [0.15, 0.2) is 24.3 Å². The molecule has 2 rings (SSSR count). The van der Waals surface area contributed by atoms with Crippen molar-refractivity contribution >= 4 is 33.0 Å². The van der Waals surface area contributed by atoms with Crippen LogP contribution >= 0.6 is 11.6 Å². The van der Waals surface area contributed by atoms with Crippen LogP contribution in [0.1, 0.15) is 6.42 Å². The normalized spacial score (nSPS) is 22.3. The predicted octanol–water partition coefficient (Wildman–Crippen LogP) is 1.71. The molecule has 1 saturated heterocycles. The Bertz CT molecular complexity index is 541. The Morgan fingerprint density at radius 1 is 1.35 bits per heavy atom. The fourth-order valence-electron chi connectivity index (χ4n) is 1.80. The first-order chi connectivity index (χ1) is 7.98. The van der Waals surface area contributed by atoms with E-state index in [0.29, 0.717) is 17.1 Å². The second-order valence-electron chi connectivity index (χ2n) is 4.07. The third kappa shape index (κ3) is 2.98. The Labute approximate surface area is 105 Å². The predicted molar refractivity (Wildman–Crippen MR) is 66.8 cm³/mol. The molecule has 0 radical (unpaired) electrons. The van der Waals surface area contributed by atoms with E-state index >= 15 is 0 Å². The van der Waals surface area contributed by atoms with Gasteiger partial charge in [-0.15, -0.1) is 0 Å². The number of benzene rings is 1. The quantitative estimate of drug-likeness (QED) is 0.892. The van der Waals surface area contributed by atoms with Gasteiger partial charge < -0.3 is 5.32 Å². The number of halogens is 1. The summed E-state index contributed by atoms with van der Waals surface area (Å²) in [7, 11) is -3.04. The first-order valence-electron chi connectivity index (χ1n) is 5.24. The fourth-order valence-corrected chi connectivity index (χ4v) is 3.72. The fraction of sp³-hybridized carbons (Fsp3) is 0.364. The van der Waals surface area contributed by atoms with E-state index in [1.807, 2.05) is 0 Å². The summed E-state index contributed by atoms with van der Waals surface area (Å²) in [5.41, 5.74) is 0.517. The van der Waals surface area contributed by atoms with Crippen LogP contribution in [0.4, 0.5) is 5.69 Å². The molecule has 1 unspecified atom stereocenters. The number of carbonyl (C=O) groups excluding carboxylic acids is 1. The van der Waals surface area contributed by atoms with Crippen molar-refractivity contribution in [3.63, 3.8) is 0 Å². The molecule has 1 aliphatic heterocycles. The number of anilines is 1. The maximum Gasteiger partial charge on any atom is 0.228 e. The summed E-state index contributed by atoms with van der Waals surface area (Å²) in [5.74, 6) is -0.716. The number of para-hydroxylation sites is 1. The van der Waals surface area contributed by atoms with Gasteiger partial charge in [0.1, 0.15) is 0 Å². The summed E-state index contributed by atoms with van der Waals surface area (Å²) in [5, 5.41) is 3.10. The van der Waals surface area contributed by atoms with Crippen LogP contribution in [0.25, 0.3) is 0 Å². The minimum absolute atomic E-state index is 0.0662. The number of amides is 1. The molecule has 92 valence electrons. The Kier molecular flexibility index (Phi) is 3.40. The van der Waals surface area contributed by atoms with E-state index in [-0.39, 0.29) is 17.4 Å². The number of hydrogen-bond donors (Lipinski definition) is 1. The Morgan fingerprint density at radius 3 is 2.65 bits per heavy atom. The van der Waals surface area contributed by atoms with Crippen molar-refractivity contribution in [2.45, 2.75) is 6.42 Å². The molecule has 1 N–H and O–H groups in total. The highest BCUT2D eigenvalue weighted by Gasteiger charge is 2.33. The Morgan fingerprint density at radius 2 is 2.06 bits per heavy atom. The lowest BCUT2D eigenvalue weighted by Gasteiger charge is -2.10. The van der Waals surface area contributed by atoms with E-state index in [2.05, 4.69) is 5.32 Å². The zero-order chi connectivity index (χ0) is 12.5. The van der Waals surface area contributed by atoms with Crippen LogP contribution in [0, 0.1) is 5.92 Å². The van der Waals surface area contributed by atoms with Gasteiger partial charge in [-0.25, -0.2) is 8.42 Å². The SMILES string of the molecule is O=C(Nc1ccccc1Cl)C1CCS(=O)(=O)C1. The van der Waals surface area contributed by atoms with Gasteiger partial charge in [-0.2, -0.15) is 0 Å². The third-order valence-corrected chi connectivity index (χ3v) is 4.83. The van der Waals surface area contributed by atoms with Crippen molar-refractivity contribution < 1.29 is 13.2 Å². The van der Waals surface area contributed by atoms with Gasteiger partial charge in [-0.3, -0.25) is 4.79 Å². The largest absolute Gasteiger partial charge is 0.324 e. The average molecular weight is 274 g/mol. The summed E-state index contributed by atoms with van der Waals surface area (Å²) >= 11 is 5.90. The van der Waals surface area contributed by atoms with E-state index in [0.717, 1.165) is 0 Å². The van der Waals surface area contributed by atoms with Gasteiger partial charge in [-0.1, -0.05) is 23.7 Å². The number of carbonyl (C=O) groups is 1. The molecule has 0 aliphatic carbocycles. The maximum absolute atomic E-state index is 11.8. The molecule has 1 atom stereocenters. The van der Waals surface area contributed by atoms with Crippen molar-refractivity contribution in [1.82, 2.24) is 0 Å². The van der Waals surface area contributed by atoms with Crippen LogP contribution in [-0.2, 0) is 14.6 Å². The summed E-state index contributed by atoms with van der Waals surface area (Å²) in [6, 6.07) is 6.87. The van der Waals surface area contributed by atoms with Gasteiger partial charge in [-0.05, 0) is 18.6 Å². The molecule has 1 aromatic rings. The van der Waals surface area contributed by atoms with E-state index in [1.54, 1.807) is 24.3 Å². The first-order valence-corrected chi connectivity index (χ1v) is 7.44. The molecule has 0 aromatic heterocycles. The zero-order valence-electron chi connectivity index (χ0n) is 9.02. The Balaban J connectivity index is 2.06. The lowest BCUT2D eigenvalue weighted by Crippen LogP contribution is -2.23. The molecule has 1 aliphatic rings. The summed E-state index contributed by atoms with van der Waals surface area (Å²) < 4.78 is 22.5. The average Bonchev–Trinajstić information content (AvgIpc) is 2.62. The molecule has 1 amide bonds. The molecule has 6 heteroatoms. The van der Waals surface area contributed by atoms with E-state index in [1.165, 1.54) is 0 Å². The van der Waals surface area contributed by atoms with Crippen molar-refractivity contribution in [1.29, 1.82) is 0 Å². The third-order valence-electron chi connectivity index (χ3n) is 2.73. The molecular weight excluding hydrogens is 262 g/mol. The van der Waals surface area contributed by atoms with Crippen LogP contribution in [0.2, 0.25) is 5.02 Å². The van der Waals surface area contributed by atoms with Crippen LogP contribution in [0.5, 0.6) is 0 Å². The second kappa shape index (κ2) is 4.66. The molecule has 1 fully saturated rings. The highest BCUT2D eigenvalue weighted by atomic mass is 35.5. The van der Waals surface area contributed by atoms with Crippen molar-refractivity contribution in [3.05, 3.63) is 29.3 Å². The van der Waals surface area contributed by atoms with Gasteiger partial charge in [0, 0.05) is 0 Å². The topological polar surface area (TPSA) is 63.2 Å². The zero-order valence-corrected chi connectivity index (χ0v) is 10.6. The van der Waals surface area contributed by atoms with Crippen LogP contribution in [0.3, 0.4) is 0 Å². The van der Waals surface area contributed by atoms with Gasteiger partial charge >= 0.3 is 0 Å². The molecule has 17 heavy (non-hydrogen) atoms. The molecule has 0 saturated carbocycles. The molecule has 1 heterocycles. The molecule has 4 nitrogen and oxygen atoms in total. The maximum atomic E-state index is 11.8. The number of rotatable bonds is 2. The van der Waals surface area contributed by atoms with Gasteiger partial charge in [0.25, 0.3) is 0 Å². The highest BCUT2D eigenvalue weighted by molar-refractivity contribution is 7.91. The molecule has 0 spiro atoms. The Hall–Kier alpha value is -1.07. The standard InChI is InChI=1S/C11H12ClNO3S/c12-9-3-1-2-4-10(9)13-11(14)8-5-6-17(15,16)7-8/h1-4,8H,5-7H2,(H,13,14). The van der Waals surface area contributed by atoms with Gasteiger partial charge in [0.15, 0.2) is 9.84 Å². The van der Waals surface area contributed by atoms with Gasteiger partial charge in [0.2, 0.25) is 5.91 Å². The lowest BCUT2D eigenvalue weighted by atomic mass is 10.1. The summed E-state index contributed by atoms with van der Waals surface area (Å²) in [6.45, 7) is 0. The van der Waals surface area contributed by atoms with Crippen LogP contribution < -0.4 is 5.32 Å². The van der Waals surface area contributed by atoms with Crippen molar-refractivity contribution in [2.75, 3.05) is 16.8 Å². The number of hydrogen-bond acceptors (Lipinski definition) is 3. The monoisotopic (exact) mass is 273 g/mol. The van der Waals surface area contributed by atoms with Crippen molar-refractivity contribution in [2.24, 2.45) is 5.92 Å². The minimum Gasteiger partial charge on any atom is -0.324 e. The number of nitrogens with one attached hydrogen (secondary N) is 1. The summed E-state index contributed by atoms with van der Waals surface area (Å²) in [4.78, 5) is 11.8. The molecular formula is C11H12ClNO3S. The number of sulfone groups is 1. The minimum atomic E-state index is -3.04.